The van der Waals surface area contributed by atoms with E-state index in [9.17, 15) is 9.59 Å². The first kappa shape index (κ1) is 16.8. The molecule has 2 fully saturated rings. The summed E-state index contributed by atoms with van der Waals surface area (Å²) in [5, 5.41) is 2.96. The van der Waals surface area contributed by atoms with Crippen LogP contribution in [-0.2, 0) is 16.0 Å². The molecule has 0 aromatic carbocycles. The maximum absolute atomic E-state index is 12.9. The highest BCUT2D eigenvalue weighted by Gasteiger charge is 2.41. The molecule has 6 heteroatoms. The second-order valence-corrected chi connectivity index (χ2v) is 8.54. The molecule has 134 valence electrons. The third-order valence-electron chi connectivity index (χ3n) is 5.76. The summed E-state index contributed by atoms with van der Waals surface area (Å²) in [6, 6.07) is 0. The summed E-state index contributed by atoms with van der Waals surface area (Å²) in [6.07, 6.45) is 7.92. The van der Waals surface area contributed by atoms with Gasteiger partial charge >= 0.3 is 0 Å². The summed E-state index contributed by atoms with van der Waals surface area (Å²) in [4.78, 5) is 33.7. The van der Waals surface area contributed by atoms with Crippen LogP contribution in [0.1, 0.15) is 30.0 Å². The minimum atomic E-state index is 0.127. The summed E-state index contributed by atoms with van der Waals surface area (Å²) < 4.78 is 0. The Bertz CT molecular complexity index is 699. The molecule has 0 radical (unpaired) electrons. The molecule has 1 aromatic heterocycles. The predicted octanol–water partition coefficient (Wildman–Crippen LogP) is 2.27. The summed E-state index contributed by atoms with van der Waals surface area (Å²) >= 11 is 1.58. The quantitative estimate of drug-likeness (QED) is 0.778. The van der Waals surface area contributed by atoms with E-state index in [1.165, 1.54) is 0 Å². The number of hydrogen-bond acceptors (Lipinski definition) is 4. The lowest BCUT2D eigenvalue weighted by Crippen LogP contribution is -2.41. The van der Waals surface area contributed by atoms with E-state index in [4.69, 9.17) is 0 Å². The highest BCUT2D eigenvalue weighted by molar-refractivity contribution is 7.09. The Morgan fingerprint density at radius 1 is 1.16 bits per heavy atom. The highest BCUT2D eigenvalue weighted by Crippen LogP contribution is 2.44. The molecule has 0 N–H and O–H groups in total. The van der Waals surface area contributed by atoms with Crippen LogP contribution in [0.3, 0.4) is 0 Å². The van der Waals surface area contributed by atoms with Gasteiger partial charge in [-0.25, -0.2) is 4.98 Å². The summed E-state index contributed by atoms with van der Waals surface area (Å²) in [7, 11) is 0. The number of allylic oxidation sites excluding steroid dienone is 2. The van der Waals surface area contributed by atoms with Gasteiger partial charge in [-0.2, -0.15) is 0 Å². The monoisotopic (exact) mass is 359 g/mol. The molecule has 2 heterocycles. The van der Waals surface area contributed by atoms with Crippen molar-refractivity contribution in [2.75, 3.05) is 26.2 Å². The van der Waals surface area contributed by atoms with Gasteiger partial charge in [0, 0.05) is 37.5 Å². The Kier molecular flexibility index (Phi) is 4.63. The zero-order valence-corrected chi connectivity index (χ0v) is 15.5. The number of aryl methyl sites for hydroxylation is 1. The summed E-state index contributed by atoms with van der Waals surface area (Å²) in [5.74, 6) is 1.68. The maximum atomic E-state index is 12.9. The smallest absolute Gasteiger partial charge is 0.228 e. The van der Waals surface area contributed by atoms with Crippen molar-refractivity contribution >= 4 is 23.2 Å². The molecule has 2 amide bonds. The number of hydrogen-bond donors (Lipinski definition) is 0. The van der Waals surface area contributed by atoms with Gasteiger partial charge < -0.3 is 9.80 Å². The number of amides is 2. The van der Waals surface area contributed by atoms with Gasteiger partial charge in [-0.05, 0) is 38.0 Å². The topological polar surface area (TPSA) is 53.5 Å². The van der Waals surface area contributed by atoms with Crippen LogP contribution in [0.4, 0.5) is 0 Å². The summed E-state index contributed by atoms with van der Waals surface area (Å²) in [5.41, 5.74) is 0.860. The average Bonchev–Trinajstić information content (AvgIpc) is 3.27. The lowest BCUT2D eigenvalue weighted by Gasteiger charge is -2.27. The normalized spacial score (nSPS) is 28.4. The molecule has 1 aliphatic heterocycles. The largest absolute Gasteiger partial charge is 0.341 e. The number of carbonyl (C=O) groups excluding carboxylic acids is 2. The molecule has 1 saturated carbocycles. The number of carbonyl (C=O) groups is 2. The van der Waals surface area contributed by atoms with E-state index in [1.807, 2.05) is 22.1 Å². The lowest BCUT2D eigenvalue weighted by molar-refractivity contribution is -0.137. The number of rotatable bonds is 3. The van der Waals surface area contributed by atoms with Gasteiger partial charge in [0.1, 0.15) is 0 Å². The molecular formula is C19H25N3O2S. The van der Waals surface area contributed by atoms with E-state index in [2.05, 4.69) is 17.1 Å². The zero-order chi connectivity index (χ0) is 17.4. The molecule has 2 aliphatic carbocycles. The van der Waals surface area contributed by atoms with Crippen LogP contribution < -0.4 is 0 Å². The van der Waals surface area contributed by atoms with Crippen molar-refractivity contribution in [3.63, 3.8) is 0 Å². The second-order valence-electron chi connectivity index (χ2n) is 7.48. The second kappa shape index (κ2) is 6.90. The van der Waals surface area contributed by atoms with Gasteiger partial charge in [0.2, 0.25) is 11.8 Å². The first-order chi connectivity index (χ1) is 12.1. The molecule has 3 atom stereocenters. The number of fused-ring (bicyclic) bond motifs is 2. The molecule has 1 aromatic rings. The minimum absolute atomic E-state index is 0.127. The first-order valence-electron chi connectivity index (χ1n) is 9.26. The molecule has 2 bridgehead atoms. The predicted molar refractivity (Wildman–Crippen MR) is 97.2 cm³/mol. The van der Waals surface area contributed by atoms with Gasteiger partial charge in [0.15, 0.2) is 0 Å². The third kappa shape index (κ3) is 3.50. The number of thiazole rings is 1. The molecule has 25 heavy (non-hydrogen) atoms. The molecule has 5 nitrogen and oxygen atoms in total. The molecule has 4 rings (SSSR count). The molecule has 1 saturated heterocycles. The molecular weight excluding hydrogens is 334 g/mol. The van der Waals surface area contributed by atoms with Crippen LogP contribution in [0, 0.1) is 24.7 Å². The highest BCUT2D eigenvalue weighted by atomic mass is 32.1. The Labute approximate surface area is 152 Å². The fourth-order valence-electron chi connectivity index (χ4n) is 4.44. The van der Waals surface area contributed by atoms with Gasteiger partial charge in [-0.1, -0.05) is 12.2 Å². The molecule has 0 spiro atoms. The van der Waals surface area contributed by atoms with Crippen LogP contribution >= 0.6 is 11.3 Å². The molecule has 3 aliphatic rings. The van der Waals surface area contributed by atoms with E-state index in [1.54, 1.807) is 11.3 Å². The number of aromatic nitrogens is 1. The van der Waals surface area contributed by atoms with Crippen molar-refractivity contribution < 1.29 is 9.59 Å². The van der Waals surface area contributed by atoms with Gasteiger partial charge in [-0.15, -0.1) is 11.3 Å². The van der Waals surface area contributed by atoms with Crippen molar-refractivity contribution in [2.45, 2.75) is 32.6 Å². The Morgan fingerprint density at radius 3 is 2.64 bits per heavy atom. The Morgan fingerprint density at radius 2 is 1.96 bits per heavy atom. The van der Waals surface area contributed by atoms with Crippen molar-refractivity contribution in [3.8, 4) is 0 Å². The van der Waals surface area contributed by atoms with E-state index < -0.39 is 0 Å². The van der Waals surface area contributed by atoms with E-state index in [0.29, 0.717) is 37.3 Å². The van der Waals surface area contributed by atoms with Crippen LogP contribution in [0.5, 0.6) is 0 Å². The zero-order valence-electron chi connectivity index (χ0n) is 14.7. The van der Waals surface area contributed by atoms with E-state index >= 15 is 0 Å². The summed E-state index contributed by atoms with van der Waals surface area (Å²) in [6.45, 7) is 4.78. The fraction of sp³-hybridized carbons (Fsp3) is 0.632. The average molecular weight is 359 g/mol. The van der Waals surface area contributed by atoms with E-state index in [-0.39, 0.29) is 11.8 Å². The van der Waals surface area contributed by atoms with Crippen LogP contribution in [0.2, 0.25) is 0 Å². The van der Waals surface area contributed by atoms with Crippen molar-refractivity contribution in [1.29, 1.82) is 0 Å². The lowest BCUT2D eigenvalue weighted by atomic mass is 9.92. The van der Waals surface area contributed by atoms with Crippen molar-refractivity contribution in [2.24, 2.45) is 17.8 Å². The van der Waals surface area contributed by atoms with Gasteiger partial charge in [0.05, 0.1) is 17.1 Å². The fourth-order valence-corrected chi connectivity index (χ4v) is 5.06. The van der Waals surface area contributed by atoms with Crippen LogP contribution in [0.15, 0.2) is 17.5 Å². The minimum Gasteiger partial charge on any atom is -0.341 e. The maximum Gasteiger partial charge on any atom is 0.228 e. The molecule has 0 unspecified atom stereocenters. The van der Waals surface area contributed by atoms with Crippen molar-refractivity contribution in [3.05, 3.63) is 28.2 Å². The Balaban J connectivity index is 1.33. The first-order valence-corrected chi connectivity index (χ1v) is 10.1. The van der Waals surface area contributed by atoms with Crippen molar-refractivity contribution in [1.82, 2.24) is 14.8 Å². The standard InChI is InChI=1S/C19H25N3O2S/c1-13-20-16(12-25-13)11-18(23)21-5-2-6-22(8-7-21)19(24)17-10-14-3-4-15(17)9-14/h3-4,12,14-15,17H,2,5-11H2,1H3/t14-,15+,17+/m1/s1. The SMILES string of the molecule is Cc1nc(CC(=O)N2CCCN(C(=O)[C@H]3C[C@@H]4C=C[C@H]3C4)CC2)cs1. The van der Waals surface area contributed by atoms with Crippen LogP contribution in [-0.4, -0.2) is 52.8 Å². The van der Waals surface area contributed by atoms with Gasteiger partial charge in [-0.3, -0.25) is 9.59 Å². The van der Waals surface area contributed by atoms with E-state index in [0.717, 1.165) is 43.1 Å². The number of nitrogens with zero attached hydrogens (tertiary/aromatic N) is 3. The Hall–Kier alpha value is -1.69. The van der Waals surface area contributed by atoms with Gasteiger partial charge in [0.25, 0.3) is 0 Å². The third-order valence-corrected chi connectivity index (χ3v) is 6.58. The van der Waals surface area contributed by atoms with Crippen LogP contribution in [0.25, 0.3) is 0 Å².